The average molecular weight is 484 g/mol. The fraction of sp³-hybridized carbons (Fsp3) is 0.286. The summed E-state index contributed by atoms with van der Waals surface area (Å²) in [5.41, 5.74) is 4.48. The van der Waals surface area contributed by atoms with Gasteiger partial charge >= 0.3 is 0 Å². The van der Waals surface area contributed by atoms with Crippen LogP contribution in [-0.2, 0) is 4.74 Å². The van der Waals surface area contributed by atoms with Crippen molar-refractivity contribution >= 4 is 22.6 Å². The van der Waals surface area contributed by atoms with Crippen molar-refractivity contribution in [1.29, 1.82) is 0 Å². The molecule has 36 heavy (non-hydrogen) atoms. The molecule has 2 N–H and O–H groups in total. The van der Waals surface area contributed by atoms with E-state index in [1.165, 1.54) is 0 Å². The molecule has 0 saturated carbocycles. The minimum Gasteiger partial charge on any atom is -0.486 e. The number of fused-ring (bicyclic) bond motifs is 1. The maximum Gasteiger partial charge on any atom is 0.251 e. The van der Waals surface area contributed by atoms with Crippen molar-refractivity contribution in [2.24, 2.45) is 0 Å². The van der Waals surface area contributed by atoms with Crippen molar-refractivity contribution in [3.8, 4) is 17.0 Å². The minimum absolute atomic E-state index is 0.108. The van der Waals surface area contributed by atoms with Crippen LogP contribution >= 0.6 is 0 Å². The van der Waals surface area contributed by atoms with Crippen molar-refractivity contribution in [3.63, 3.8) is 0 Å². The number of anilines is 1. The first-order valence-corrected chi connectivity index (χ1v) is 12.1. The normalized spacial score (nSPS) is 14.2. The number of rotatable bonds is 9. The van der Waals surface area contributed by atoms with E-state index in [0.717, 1.165) is 52.3 Å². The fourth-order valence-corrected chi connectivity index (χ4v) is 4.29. The topological polar surface area (TPSA) is 98.3 Å². The number of hydrogen-bond donors (Lipinski definition) is 2. The highest BCUT2D eigenvalue weighted by Crippen LogP contribution is 2.28. The van der Waals surface area contributed by atoms with Gasteiger partial charge in [0.2, 0.25) is 0 Å². The lowest BCUT2D eigenvalue weighted by Crippen LogP contribution is -2.38. The van der Waals surface area contributed by atoms with Gasteiger partial charge in [-0.05, 0) is 48.2 Å². The van der Waals surface area contributed by atoms with Gasteiger partial charge in [-0.15, -0.1) is 0 Å². The third-order valence-corrected chi connectivity index (χ3v) is 6.42. The number of benzene rings is 2. The van der Waals surface area contributed by atoms with Gasteiger partial charge in [0, 0.05) is 36.8 Å². The summed E-state index contributed by atoms with van der Waals surface area (Å²) in [5, 5.41) is 6.99. The molecule has 2 aromatic carbocycles. The van der Waals surface area contributed by atoms with Crippen LogP contribution in [0.2, 0.25) is 0 Å². The standard InChI is InChI=1S/C28H29N5O3/c1-18(22-4-3-5-23-24(28(34)29-2)11-13-31-27(22)23)10-12-30-26-14-25(32-17-33-26)19-6-8-20(9-7-19)36-21-15-35-16-21/h3-9,11,13-14,17-18,21H,10,12,15-16H2,1-2H3,(H,29,34)(H,30,32,33). The van der Waals surface area contributed by atoms with Crippen molar-refractivity contribution in [2.45, 2.75) is 25.4 Å². The molecule has 1 atom stereocenters. The SMILES string of the molecule is CNC(=O)c1ccnc2c(C(C)CCNc3cc(-c4ccc(OC5COC5)cc4)ncn3)cccc12. The number of para-hydroxylation sites is 1. The predicted octanol–water partition coefficient (Wildman–Crippen LogP) is 4.43. The van der Waals surface area contributed by atoms with Gasteiger partial charge in [0.1, 0.15) is 24.0 Å². The van der Waals surface area contributed by atoms with E-state index < -0.39 is 0 Å². The number of nitrogens with one attached hydrogen (secondary N) is 2. The van der Waals surface area contributed by atoms with Crippen LogP contribution < -0.4 is 15.4 Å². The van der Waals surface area contributed by atoms with E-state index in [2.05, 4.69) is 38.6 Å². The second-order valence-corrected chi connectivity index (χ2v) is 8.89. The summed E-state index contributed by atoms with van der Waals surface area (Å²) in [6, 6.07) is 17.7. The number of ether oxygens (including phenoxy) is 2. The second-order valence-electron chi connectivity index (χ2n) is 8.89. The fourth-order valence-electron chi connectivity index (χ4n) is 4.29. The van der Waals surface area contributed by atoms with Crippen LogP contribution in [0.4, 0.5) is 5.82 Å². The molecule has 0 spiro atoms. The van der Waals surface area contributed by atoms with Gasteiger partial charge in [0.05, 0.1) is 30.0 Å². The zero-order valence-electron chi connectivity index (χ0n) is 20.4. The molecule has 1 amide bonds. The van der Waals surface area contributed by atoms with Gasteiger partial charge in [-0.1, -0.05) is 25.1 Å². The number of carbonyl (C=O) groups excluding carboxylic acids is 1. The van der Waals surface area contributed by atoms with E-state index in [1.54, 1.807) is 25.6 Å². The molecule has 1 unspecified atom stereocenters. The largest absolute Gasteiger partial charge is 0.486 e. The summed E-state index contributed by atoms with van der Waals surface area (Å²) in [5.74, 6) is 1.74. The predicted molar refractivity (Wildman–Crippen MR) is 139 cm³/mol. The van der Waals surface area contributed by atoms with E-state index >= 15 is 0 Å². The van der Waals surface area contributed by atoms with E-state index in [0.29, 0.717) is 18.8 Å². The maximum absolute atomic E-state index is 12.3. The Bertz CT molecular complexity index is 1360. The van der Waals surface area contributed by atoms with E-state index in [9.17, 15) is 4.79 Å². The molecular formula is C28H29N5O3. The molecule has 0 aliphatic carbocycles. The van der Waals surface area contributed by atoms with Crippen LogP contribution in [0.15, 0.2) is 67.1 Å². The Kier molecular flexibility index (Phi) is 7.04. The molecule has 184 valence electrons. The molecular weight excluding hydrogens is 454 g/mol. The lowest BCUT2D eigenvalue weighted by atomic mass is 9.94. The van der Waals surface area contributed by atoms with Crippen LogP contribution in [0.25, 0.3) is 22.2 Å². The first-order valence-electron chi connectivity index (χ1n) is 12.1. The molecule has 2 aromatic heterocycles. The van der Waals surface area contributed by atoms with Crippen molar-refractivity contribution in [2.75, 3.05) is 32.1 Å². The van der Waals surface area contributed by atoms with Crippen LogP contribution in [0, 0.1) is 0 Å². The molecule has 0 radical (unpaired) electrons. The minimum atomic E-state index is -0.108. The summed E-state index contributed by atoms with van der Waals surface area (Å²) >= 11 is 0. The third-order valence-electron chi connectivity index (χ3n) is 6.42. The zero-order valence-corrected chi connectivity index (χ0v) is 20.4. The summed E-state index contributed by atoms with van der Waals surface area (Å²) in [4.78, 5) is 25.7. The number of nitrogens with zero attached hydrogens (tertiary/aromatic N) is 3. The van der Waals surface area contributed by atoms with E-state index in [-0.39, 0.29) is 17.9 Å². The smallest absolute Gasteiger partial charge is 0.251 e. The monoisotopic (exact) mass is 483 g/mol. The molecule has 8 heteroatoms. The molecule has 1 aliphatic rings. The zero-order chi connectivity index (χ0) is 24.9. The number of aromatic nitrogens is 3. The Morgan fingerprint density at radius 1 is 1.11 bits per heavy atom. The van der Waals surface area contributed by atoms with Crippen molar-refractivity contribution < 1.29 is 14.3 Å². The Balaban J connectivity index is 1.23. The lowest BCUT2D eigenvalue weighted by Gasteiger charge is -2.26. The molecule has 5 rings (SSSR count). The van der Waals surface area contributed by atoms with Gasteiger partial charge < -0.3 is 20.1 Å². The highest BCUT2D eigenvalue weighted by molar-refractivity contribution is 6.06. The Hall–Kier alpha value is -4.04. The van der Waals surface area contributed by atoms with Crippen molar-refractivity contribution in [1.82, 2.24) is 20.3 Å². The first kappa shape index (κ1) is 23.7. The first-order chi connectivity index (χ1) is 17.6. The molecule has 1 saturated heterocycles. The Labute approximate surface area is 210 Å². The van der Waals surface area contributed by atoms with E-state index in [4.69, 9.17) is 9.47 Å². The Morgan fingerprint density at radius 2 is 1.94 bits per heavy atom. The quantitative estimate of drug-likeness (QED) is 0.363. The van der Waals surface area contributed by atoms with Crippen LogP contribution in [0.1, 0.15) is 35.2 Å². The number of amides is 1. The van der Waals surface area contributed by atoms with Gasteiger partial charge in [-0.25, -0.2) is 9.97 Å². The summed E-state index contributed by atoms with van der Waals surface area (Å²) < 4.78 is 11.0. The lowest BCUT2D eigenvalue weighted by molar-refractivity contribution is -0.0796. The molecule has 8 nitrogen and oxygen atoms in total. The highest BCUT2D eigenvalue weighted by Gasteiger charge is 2.20. The summed E-state index contributed by atoms with van der Waals surface area (Å²) in [6.07, 6.45) is 4.30. The molecule has 3 heterocycles. The molecule has 1 aliphatic heterocycles. The summed E-state index contributed by atoms with van der Waals surface area (Å²) in [6.45, 7) is 4.21. The van der Waals surface area contributed by atoms with Crippen LogP contribution in [-0.4, -0.2) is 53.8 Å². The summed E-state index contributed by atoms with van der Waals surface area (Å²) in [7, 11) is 1.64. The highest BCUT2D eigenvalue weighted by atomic mass is 16.6. The second kappa shape index (κ2) is 10.7. The van der Waals surface area contributed by atoms with Crippen LogP contribution in [0.3, 0.4) is 0 Å². The molecule has 1 fully saturated rings. The van der Waals surface area contributed by atoms with Crippen LogP contribution in [0.5, 0.6) is 5.75 Å². The Morgan fingerprint density at radius 3 is 2.69 bits per heavy atom. The number of pyridine rings is 1. The molecule has 4 aromatic rings. The van der Waals surface area contributed by atoms with Gasteiger partial charge in [0.25, 0.3) is 5.91 Å². The van der Waals surface area contributed by atoms with Gasteiger partial charge in [0.15, 0.2) is 0 Å². The number of carbonyl (C=O) groups is 1. The van der Waals surface area contributed by atoms with Gasteiger partial charge in [-0.2, -0.15) is 0 Å². The number of hydrogen-bond acceptors (Lipinski definition) is 7. The van der Waals surface area contributed by atoms with Gasteiger partial charge in [-0.3, -0.25) is 9.78 Å². The maximum atomic E-state index is 12.3. The third kappa shape index (κ3) is 5.13. The van der Waals surface area contributed by atoms with Crippen molar-refractivity contribution in [3.05, 3.63) is 78.2 Å². The molecule has 0 bridgehead atoms. The average Bonchev–Trinajstić information content (AvgIpc) is 2.90. The van der Waals surface area contributed by atoms with E-state index in [1.807, 2.05) is 42.5 Å².